The Morgan fingerprint density at radius 1 is 1.26 bits per heavy atom. The van der Waals surface area contributed by atoms with Gasteiger partial charge in [-0.1, -0.05) is 0 Å². The third kappa shape index (κ3) is 2.45. The van der Waals surface area contributed by atoms with Crippen molar-refractivity contribution in [1.82, 2.24) is 4.98 Å². The van der Waals surface area contributed by atoms with Crippen LogP contribution in [0, 0.1) is 6.92 Å². The second-order valence-electron chi connectivity index (χ2n) is 4.21. The summed E-state index contributed by atoms with van der Waals surface area (Å²) in [5.74, 6) is -0.135. The van der Waals surface area contributed by atoms with Crippen LogP contribution in [0.4, 0.5) is 0 Å². The molecule has 2 rings (SSSR count). The predicted octanol–water partition coefficient (Wildman–Crippen LogP) is 2.23. The fourth-order valence-corrected chi connectivity index (χ4v) is 2.08. The number of rotatable bonds is 4. The van der Waals surface area contributed by atoms with Crippen LogP contribution in [0.25, 0.3) is 10.9 Å². The van der Waals surface area contributed by atoms with E-state index in [9.17, 15) is 9.59 Å². The monoisotopic (exact) mass is 261 g/mol. The van der Waals surface area contributed by atoms with Crippen LogP contribution >= 0.6 is 0 Å². The molecule has 5 heteroatoms. The first-order chi connectivity index (χ1) is 9.06. The van der Waals surface area contributed by atoms with Gasteiger partial charge in [-0.25, -0.2) is 0 Å². The maximum Gasteiger partial charge on any atom is 0.313 e. The van der Waals surface area contributed by atoms with Gasteiger partial charge in [0.25, 0.3) is 0 Å². The maximum atomic E-state index is 12.1. The second kappa shape index (κ2) is 5.14. The molecule has 2 aromatic rings. The normalized spacial score (nSPS) is 10.5. The highest BCUT2D eigenvalue weighted by molar-refractivity contribution is 6.14. The summed E-state index contributed by atoms with van der Waals surface area (Å²) in [6, 6.07) is 5.44. The van der Waals surface area contributed by atoms with Crippen molar-refractivity contribution in [3.63, 3.8) is 0 Å². The van der Waals surface area contributed by atoms with Crippen LogP contribution in [-0.4, -0.2) is 31.0 Å². The number of aromatic nitrogens is 1. The number of carbonyl (C=O) groups is 2. The second-order valence-corrected chi connectivity index (χ2v) is 4.21. The van der Waals surface area contributed by atoms with E-state index >= 15 is 0 Å². The van der Waals surface area contributed by atoms with Crippen molar-refractivity contribution in [3.05, 3.63) is 29.5 Å². The van der Waals surface area contributed by atoms with Gasteiger partial charge in [0.15, 0.2) is 5.78 Å². The standard InChI is InChI=1S/C14H15NO4/c1-8-14(12(16)7-13(17)19-3)10-6-9(18-2)4-5-11(10)15-8/h4-6,15H,7H2,1-3H3. The van der Waals surface area contributed by atoms with Gasteiger partial charge in [0, 0.05) is 22.2 Å². The van der Waals surface area contributed by atoms with Gasteiger partial charge in [0.2, 0.25) is 0 Å². The quantitative estimate of drug-likeness (QED) is 0.520. The zero-order valence-corrected chi connectivity index (χ0v) is 11.1. The van der Waals surface area contributed by atoms with Gasteiger partial charge in [-0.15, -0.1) is 0 Å². The molecule has 0 radical (unpaired) electrons. The lowest BCUT2D eigenvalue weighted by atomic mass is 10.0. The Balaban J connectivity index is 2.49. The van der Waals surface area contributed by atoms with E-state index in [1.165, 1.54) is 7.11 Å². The number of nitrogens with one attached hydrogen (secondary N) is 1. The molecule has 0 aliphatic carbocycles. The topological polar surface area (TPSA) is 68.4 Å². The minimum absolute atomic E-state index is 0.260. The van der Waals surface area contributed by atoms with E-state index in [0.717, 1.165) is 16.6 Å². The molecule has 1 heterocycles. The SMILES string of the molecule is COC(=O)CC(=O)c1c(C)[nH]c2ccc(OC)cc12. The first-order valence-electron chi connectivity index (χ1n) is 5.83. The molecule has 0 aliphatic rings. The number of aromatic amines is 1. The van der Waals surface area contributed by atoms with Crippen molar-refractivity contribution in [2.45, 2.75) is 13.3 Å². The van der Waals surface area contributed by atoms with Gasteiger partial charge in [0.05, 0.1) is 14.2 Å². The molecule has 0 bridgehead atoms. The van der Waals surface area contributed by atoms with E-state index in [2.05, 4.69) is 9.72 Å². The Bertz CT molecular complexity index is 642. The molecule has 1 aromatic heterocycles. The molecule has 1 N–H and O–H groups in total. The van der Waals surface area contributed by atoms with Crippen LogP contribution in [0.15, 0.2) is 18.2 Å². The molecule has 1 aromatic carbocycles. The summed E-state index contributed by atoms with van der Waals surface area (Å²) in [5.41, 5.74) is 2.09. The molecule has 5 nitrogen and oxygen atoms in total. The summed E-state index contributed by atoms with van der Waals surface area (Å²) in [6.45, 7) is 1.80. The van der Waals surface area contributed by atoms with Gasteiger partial charge in [0.1, 0.15) is 12.2 Å². The summed E-state index contributed by atoms with van der Waals surface area (Å²) < 4.78 is 9.67. The average molecular weight is 261 g/mol. The van der Waals surface area contributed by atoms with E-state index in [-0.39, 0.29) is 12.2 Å². The zero-order chi connectivity index (χ0) is 14.0. The molecule has 0 fully saturated rings. The molecule has 19 heavy (non-hydrogen) atoms. The third-order valence-corrected chi connectivity index (χ3v) is 3.00. The molecule has 0 aliphatic heterocycles. The molecule has 0 atom stereocenters. The number of aryl methyl sites for hydroxylation is 1. The summed E-state index contributed by atoms with van der Waals surface area (Å²) in [5, 5.41) is 0.755. The number of ketones is 1. The van der Waals surface area contributed by atoms with E-state index in [1.54, 1.807) is 20.1 Å². The van der Waals surface area contributed by atoms with Crippen molar-refractivity contribution in [3.8, 4) is 5.75 Å². The Hall–Kier alpha value is -2.30. The molecule has 0 saturated heterocycles. The first kappa shape index (κ1) is 13.1. The minimum Gasteiger partial charge on any atom is -0.497 e. The van der Waals surface area contributed by atoms with Crippen molar-refractivity contribution >= 4 is 22.7 Å². The lowest BCUT2D eigenvalue weighted by Crippen LogP contribution is -2.10. The van der Waals surface area contributed by atoms with Crippen LogP contribution in [0.3, 0.4) is 0 Å². The van der Waals surface area contributed by atoms with Gasteiger partial charge in [-0.2, -0.15) is 0 Å². The van der Waals surface area contributed by atoms with Crippen LogP contribution < -0.4 is 4.74 Å². The van der Waals surface area contributed by atoms with Crippen molar-refractivity contribution in [2.75, 3.05) is 14.2 Å². The van der Waals surface area contributed by atoms with Gasteiger partial charge < -0.3 is 14.5 Å². The highest BCUT2D eigenvalue weighted by atomic mass is 16.5. The molecule has 100 valence electrons. The number of carbonyl (C=O) groups excluding carboxylic acids is 2. The average Bonchev–Trinajstić information content (AvgIpc) is 2.73. The van der Waals surface area contributed by atoms with Crippen LogP contribution in [0.5, 0.6) is 5.75 Å². The van der Waals surface area contributed by atoms with Gasteiger partial charge >= 0.3 is 5.97 Å². The summed E-state index contributed by atoms with van der Waals surface area (Å²) in [4.78, 5) is 26.5. The zero-order valence-electron chi connectivity index (χ0n) is 11.1. The predicted molar refractivity (Wildman–Crippen MR) is 70.6 cm³/mol. The Morgan fingerprint density at radius 2 is 2.00 bits per heavy atom. The Labute approximate surface area is 110 Å². The summed E-state index contributed by atoms with van der Waals surface area (Å²) in [6.07, 6.45) is -0.262. The number of methoxy groups -OCH3 is 2. The smallest absolute Gasteiger partial charge is 0.313 e. The van der Waals surface area contributed by atoms with E-state index in [0.29, 0.717) is 11.3 Å². The largest absolute Gasteiger partial charge is 0.497 e. The summed E-state index contributed by atoms with van der Waals surface area (Å²) in [7, 11) is 2.83. The molecular weight excluding hydrogens is 246 g/mol. The third-order valence-electron chi connectivity index (χ3n) is 3.00. The molecular formula is C14H15NO4. The van der Waals surface area contributed by atoms with Gasteiger partial charge in [-0.3, -0.25) is 9.59 Å². The highest BCUT2D eigenvalue weighted by Crippen LogP contribution is 2.27. The number of benzene rings is 1. The molecule has 0 spiro atoms. The summed E-state index contributed by atoms with van der Waals surface area (Å²) >= 11 is 0. The maximum absolute atomic E-state index is 12.1. The molecule has 0 amide bonds. The Kier molecular flexibility index (Phi) is 3.55. The van der Waals surface area contributed by atoms with Crippen LogP contribution in [0.2, 0.25) is 0 Å². The lowest BCUT2D eigenvalue weighted by Gasteiger charge is -2.02. The van der Waals surface area contributed by atoms with E-state index in [1.807, 2.05) is 12.1 Å². The fraction of sp³-hybridized carbons (Fsp3) is 0.286. The number of hydrogen-bond donors (Lipinski definition) is 1. The number of fused-ring (bicyclic) bond motifs is 1. The van der Waals surface area contributed by atoms with E-state index in [4.69, 9.17) is 4.74 Å². The van der Waals surface area contributed by atoms with Crippen molar-refractivity contribution in [2.24, 2.45) is 0 Å². The fourth-order valence-electron chi connectivity index (χ4n) is 2.08. The number of H-pyrrole nitrogens is 1. The number of hydrogen-bond acceptors (Lipinski definition) is 4. The number of ether oxygens (including phenoxy) is 2. The highest BCUT2D eigenvalue weighted by Gasteiger charge is 2.19. The number of esters is 1. The lowest BCUT2D eigenvalue weighted by molar-refractivity contribution is -0.139. The van der Waals surface area contributed by atoms with Crippen LogP contribution in [-0.2, 0) is 9.53 Å². The minimum atomic E-state index is -0.540. The van der Waals surface area contributed by atoms with Crippen molar-refractivity contribution in [1.29, 1.82) is 0 Å². The van der Waals surface area contributed by atoms with E-state index < -0.39 is 5.97 Å². The number of Topliss-reactive ketones (excluding diaryl/α,β-unsaturated/α-hetero) is 1. The van der Waals surface area contributed by atoms with Crippen LogP contribution in [0.1, 0.15) is 22.5 Å². The Morgan fingerprint density at radius 3 is 2.63 bits per heavy atom. The molecule has 0 unspecified atom stereocenters. The van der Waals surface area contributed by atoms with Gasteiger partial charge in [-0.05, 0) is 25.1 Å². The van der Waals surface area contributed by atoms with Crippen molar-refractivity contribution < 1.29 is 19.1 Å². The molecule has 0 saturated carbocycles. The first-order valence-corrected chi connectivity index (χ1v) is 5.83.